The fraction of sp³-hybridized carbons (Fsp3) is 0. The van der Waals surface area contributed by atoms with E-state index in [1.807, 2.05) is 36.4 Å². The highest BCUT2D eigenvalue weighted by molar-refractivity contribution is 9.12. The van der Waals surface area contributed by atoms with Gasteiger partial charge in [0.05, 0.1) is 6.21 Å². The second-order valence-electron chi connectivity index (χ2n) is 3.87. The molecule has 1 N–H and O–H groups in total. The van der Waals surface area contributed by atoms with E-state index in [0.717, 1.165) is 10.0 Å². The average Bonchev–Trinajstić information content (AvgIpc) is 2.49. The molecular formula is C15H12BrN3O. The number of hydrogen-bond acceptors (Lipinski definition) is 3. The fourth-order valence-corrected chi connectivity index (χ4v) is 1.83. The molecule has 1 aromatic heterocycles. The van der Waals surface area contributed by atoms with Gasteiger partial charge in [0.2, 0.25) is 0 Å². The molecule has 0 radical (unpaired) electrons. The summed E-state index contributed by atoms with van der Waals surface area (Å²) in [7, 11) is 0. The van der Waals surface area contributed by atoms with Crippen LogP contribution in [0.25, 0.3) is 6.08 Å². The number of nitrogens with zero attached hydrogens (tertiary/aromatic N) is 2. The lowest BCUT2D eigenvalue weighted by atomic mass is 10.2. The Bertz CT molecular complexity index is 624. The summed E-state index contributed by atoms with van der Waals surface area (Å²) >= 11 is 3.37. The summed E-state index contributed by atoms with van der Waals surface area (Å²) in [5.41, 5.74) is 4.01. The van der Waals surface area contributed by atoms with Crippen LogP contribution in [0.2, 0.25) is 0 Å². The number of nitrogens with one attached hydrogen (secondary N) is 1. The van der Waals surface area contributed by atoms with Crippen molar-refractivity contribution in [3.63, 3.8) is 0 Å². The van der Waals surface area contributed by atoms with Crippen molar-refractivity contribution in [1.82, 2.24) is 10.4 Å². The predicted octanol–water partition coefficient (Wildman–Crippen LogP) is 3.23. The minimum absolute atomic E-state index is 0.274. The number of hydrazone groups is 1. The van der Waals surface area contributed by atoms with Crippen molar-refractivity contribution in [3.8, 4) is 0 Å². The number of allylic oxidation sites excluding steroid dienone is 1. The third kappa shape index (κ3) is 4.44. The van der Waals surface area contributed by atoms with E-state index in [9.17, 15) is 4.79 Å². The molecule has 0 spiro atoms. The lowest BCUT2D eigenvalue weighted by Crippen LogP contribution is -2.17. The first-order valence-electron chi connectivity index (χ1n) is 5.91. The van der Waals surface area contributed by atoms with E-state index in [1.165, 1.54) is 6.21 Å². The molecule has 0 aliphatic carbocycles. The van der Waals surface area contributed by atoms with Crippen molar-refractivity contribution in [2.45, 2.75) is 0 Å². The quantitative estimate of drug-likeness (QED) is 0.691. The van der Waals surface area contributed by atoms with E-state index < -0.39 is 0 Å². The Morgan fingerprint density at radius 1 is 1.15 bits per heavy atom. The zero-order valence-corrected chi connectivity index (χ0v) is 12.1. The summed E-state index contributed by atoms with van der Waals surface area (Å²) in [5.74, 6) is -0.274. The number of amides is 1. The second kappa shape index (κ2) is 7.35. The van der Waals surface area contributed by atoms with Crippen molar-refractivity contribution >= 4 is 34.1 Å². The predicted molar refractivity (Wildman–Crippen MR) is 83.5 cm³/mol. The standard InChI is InChI=1S/C15H12BrN3O/c16-14(10-12-4-2-1-3-5-12)11-18-19-15(20)13-6-8-17-9-7-13/h1-11H,(H,19,20)/b14-10+,18-11+. The molecule has 0 saturated heterocycles. The molecule has 1 heterocycles. The number of halogens is 1. The van der Waals surface area contributed by atoms with E-state index in [1.54, 1.807) is 24.5 Å². The molecule has 0 unspecified atom stereocenters. The van der Waals surface area contributed by atoms with E-state index in [0.29, 0.717) is 5.56 Å². The normalized spacial score (nSPS) is 11.6. The summed E-state index contributed by atoms with van der Waals surface area (Å²) in [6, 6.07) is 13.1. The Balaban J connectivity index is 1.94. The van der Waals surface area contributed by atoms with E-state index in [2.05, 4.69) is 31.4 Å². The van der Waals surface area contributed by atoms with E-state index in [4.69, 9.17) is 0 Å². The molecule has 1 aromatic carbocycles. The number of benzene rings is 1. The minimum Gasteiger partial charge on any atom is -0.267 e. The lowest BCUT2D eigenvalue weighted by molar-refractivity contribution is 0.0955. The largest absolute Gasteiger partial charge is 0.271 e. The van der Waals surface area contributed by atoms with Gasteiger partial charge in [0, 0.05) is 22.4 Å². The molecule has 2 rings (SSSR count). The van der Waals surface area contributed by atoms with Gasteiger partial charge in [-0.25, -0.2) is 5.43 Å². The Labute approximate surface area is 125 Å². The third-order valence-electron chi connectivity index (χ3n) is 2.40. The molecule has 0 aliphatic heterocycles. The highest BCUT2D eigenvalue weighted by atomic mass is 79.9. The lowest BCUT2D eigenvalue weighted by Gasteiger charge is -1.98. The molecule has 0 bridgehead atoms. The van der Waals surface area contributed by atoms with Crippen molar-refractivity contribution in [2.24, 2.45) is 5.10 Å². The van der Waals surface area contributed by atoms with Crippen LogP contribution in [0.5, 0.6) is 0 Å². The third-order valence-corrected chi connectivity index (χ3v) is 2.83. The van der Waals surface area contributed by atoms with Crippen molar-refractivity contribution in [3.05, 3.63) is 70.5 Å². The molecule has 1 amide bonds. The van der Waals surface area contributed by atoms with Crippen LogP contribution in [0.4, 0.5) is 0 Å². The van der Waals surface area contributed by atoms with Gasteiger partial charge in [-0.3, -0.25) is 9.78 Å². The number of aromatic nitrogens is 1. The molecule has 0 saturated carbocycles. The molecule has 0 fully saturated rings. The Hall–Kier alpha value is -2.27. The summed E-state index contributed by atoms with van der Waals surface area (Å²) in [6.45, 7) is 0. The van der Waals surface area contributed by atoms with Gasteiger partial charge in [0.1, 0.15) is 0 Å². The molecule has 0 aliphatic rings. The van der Waals surface area contributed by atoms with Gasteiger partial charge < -0.3 is 0 Å². The summed E-state index contributed by atoms with van der Waals surface area (Å²) < 4.78 is 0.763. The molecule has 5 heteroatoms. The van der Waals surface area contributed by atoms with E-state index >= 15 is 0 Å². The zero-order valence-electron chi connectivity index (χ0n) is 10.5. The van der Waals surface area contributed by atoms with Crippen LogP contribution in [0.15, 0.2) is 64.4 Å². The zero-order chi connectivity index (χ0) is 14.2. The van der Waals surface area contributed by atoms with Gasteiger partial charge in [-0.15, -0.1) is 0 Å². The summed E-state index contributed by atoms with van der Waals surface area (Å²) in [6.07, 6.45) is 6.56. The summed E-state index contributed by atoms with van der Waals surface area (Å²) in [5, 5.41) is 3.88. The number of pyridine rings is 1. The first-order valence-corrected chi connectivity index (χ1v) is 6.71. The minimum atomic E-state index is -0.274. The SMILES string of the molecule is O=C(N/N=C/C(Br)=C\c1ccccc1)c1ccncc1. The van der Waals surface area contributed by atoms with Gasteiger partial charge in [0.15, 0.2) is 0 Å². The maximum atomic E-state index is 11.7. The average molecular weight is 330 g/mol. The maximum Gasteiger partial charge on any atom is 0.271 e. The van der Waals surface area contributed by atoms with Crippen LogP contribution in [-0.4, -0.2) is 17.1 Å². The topological polar surface area (TPSA) is 54.4 Å². The highest BCUT2D eigenvalue weighted by Gasteiger charge is 2.01. The van der Waals surface area contributed by atoms with Gasteiger partial charge in [-0.05, 0) is 39.7 Å². The van der Waals surface area contributed by atoms with Crippen LogP contribution in [0, 0.1) is 0 Å². The van der Waals surface area contributed by atoms with Crippen LogP contribution in [0.1, 0.15) is 15.9 Å². The van der Waals surface area contributed by atoms with Gasteiger partial charge >= 0.3 is 0 Å². The van der Waals surface area contributed by atoms with Crippen LogP contribution < -0.4 is 5.43 Å². The molecule has 20 heavy (non-hydrogen) atoms. The van der Waals surface area contributed by atoms with Crippen molar-refractivity contribution in [1.29, 1.82) is 0 Å². The second-order valence-corrected chi connectivity index (χ2v) is 4.79. The highest BCUT2D eigenvalue weighted by Crippen LogP contribution is 2.09. The van der Waals surface area contributed by atoms with Gasteiger partial charge in [0.25, 0.3) is 5.91 Å². The van der Waals surface area contributed by atoms with Crippen LogP contribution >= 0.6 is 15.9 Å². The Morgan fingerprint density at radius 2 is 1.85 bits per heavy atom. The first-order chi connectivity index (χ1) is 9.75. The van der Waals surface area contributed by atoms with Crippen LogP contribution in [-0.2, 0) is 0 Å². The smallest absolute Gasteiger partial charge is 0.267 e. The molecule has 0 atom stereocenters. The fourth-order valence-electron chi connectivity index (χ4n) is 1.47. The van der Waals surface area contributed by atoms with Crippen molar-refractivity contribution < 1.29 is 4.79 Å². The Kier molecular flexibility index (Phi) is 5.20. The summed E-state index contributed by atoms with van der Waals surface area (Å²) in [4.78, 5) is 15.5. The molecular weight excluding hydrogens is 318 g/mol. The number of hydrogen-bond donors (Lipinski definition) is 1. The van der Waals surface area contributed by atoms with Gasteiger partial charge in [-0.1, -0.05) is 30.3 Å². The monoisotopic (exact) mass is 329 g/mol. The molecule has 100 valence electrons. The molecule has 2 aromatic rings. The van der Waals surface area contributed by atoms with Crippen molar-refractivity contribution in [2.75, 3.05) is 0 Å². The van der Waals surface area contributed by atoms with Gasteiger partial charge in [-0.2, -0.15) is 5.10 Å². The number of carbonyl (C=O) groups is 1. The van der Waals surface area contributed by atoms with E-state index in [-0.39, 0.29) is 5.91 Å². The number of rotatable bonds is 4. The molecule has 4 nitrogen and oxygen atoms in total. The van der Waals surface area contributed by atoms with Crippen LogP contribution in [0.3, 0.4) is 0 Å². The first kappa shape index (κ1) is 14.1. The Morgan fingerprint density at radius 3 is 2.55 bits per heavy atom. The maximum absolute atomic E-state index is 11.7. The number of carbonyl (C=O) groups excluding carboxylic acids is 1.